The van der Waals surface area contributed by atoms with Crippen molar-refractivity contribution in [3.05, 3.63) is 22.2 Å². The van der Waals surface area contributed by atoms with E-state index in [0.29, 0.717) is 19.8 Å². The number of nitrogens with two attached hydrogens (primary N) is 1. The van der Waals surface area contributed by atoms with Crippen molar-refractivity contribution in [1.82, 2.24) is 4.90 Å². The van der Waals surface area contributed by atoms with Crippen LogP contribution in [0.2, 0.25) is 0 Å². The molecule has 0 saturated carbocycles. The lowest BCUT2D eigenvalue weighted by atomic mass is 9.98. The van der Waals surface area contributed by atoms with Crippen LogP contribution >= 0.6 is 15.9 Å². The van der Waals surface area contributed by atoms with E-state index in [4.69, 9.17) is 19.9 Å². The predicted octanol–water partition coefficient (Wildman–Crippen LogP) is 1.94. The fraction of sp³-hybridized carbons (Fsp3) is 0.600. The molecule has 2 aliphatic heterocycles. The largest absolute Gasteiger partial charge is 0.490 e. The van der Waals surface area contributed by atoms with Gasteiger partial charge in [0.05, 0.1) is 36.4 Å². The van der Waals surface area contributed by atoms with E-state index in [1.807, 2.05) is 0 Å². The average molecular weight is 357 g/mol. The number of benzene rings is 1. The zero-order chi connectivity index (χ0) is 14.8. The molecular weight excluding hydrogens is 336 g/mol. The summed E-state index contributed by atoms with van der Waals surface area (Å²) >= 11 is 3.60. The molecule has 1 aromatic carbocycles. The first-order chi connectivity index (χ1) is 10.2. The van der Waals surface area contributed by atoms with Crippen LogP contribution in [0.5, 0.6) is 11.5 Å². The van der Waals surface area contributed by atoms with Crippen molar-refractivity contribution in [3.63, 3.8) is 0 Å². The maximum Gasteiger partial charge on any atom is 0.175 e. The molecule has 2 unspecified atom stereocenters. The van der Waals surface area contributed by atoms with Crippen LogP contribution in [0.15, 0.2) is 16.6 Å². The second-order valence-electron chi connectivity index (χ2n) is 5.45. The molecule has 116 valence electrons. The Bertz CT molecular complexity index is 512. The van der Waals surface area contributed by atoms with Gasteiger partial charge in [0.2, 0.25) is 0 Å². The Labute approximate surface area is 133 Å². The van der Waals surface area contributed by atoms with Gasteiger partial charge in [0.25, 0.3) is 0 Å². The van der Waals surface area contributed by atoms with Crippen molar-refractivity contribution < 1.29 is 14.2 Å². The zero-order valence-corrected chi connectivity index (χ0v) is 13.8. The molecular formula is C15H21BrN2O3. The first-order valence-corrected chi connectivity index (χ1v) is 8.11. The molecule has 0 aromatic heterocycles. The number of fused-ring (bicyclic) bond motifs is 1. The van der Waals surface area contributed by atoms with Crippen molar-refractivity contribution in [2.75, 3.05) is 40.0 Å². The van der Waals surface area contributed by atoms with Crippen LogP contribution in [-0.4, -0.2) is 51.0 Å². The molecule has 6 heteroatoms. The van der Waals surface area contributed by atoms with Crippen LogP contribution in [0.3, 0.4) is 0 Å². The summed E-state index contributed by atoms with van der Waals surface area (Å²) in [6.07, 6.45) is 0.898. The van der Waals surface area contributed by atoms with Gasteiger partial charge in [0.15, 0.2) is 11.5 Å². The fourth-order valence-electron chi connectivity index (χ4n) is 2.95. The molecule has 0 spiro atoms. The Morgan fingerprint density at radius 2 is 2.10 bits per heavy atom. The van der Waals surface area contributed by atoms with Gasteiger partial charge in [0, 0.05) is 19.5 Å². The van der Waals surface area contributed by atoms with Crippen molar-refractivity contribution in [2.24, 2.45) is 5.73 Å². The molecule has 5 nitrogen and oxygen atoms in total. The zero-order valence-electron chi connectivity index (χ0n) is 12.2. The quantitative estimate of drug-likeness (QED) is 0.877. The molecule has 3 rings (SSSR count). The summed E-state index contributed by atoms with van der Waals surface area (Å²) in [5.74, 6) is 1.59. The molecule has 1 fully saturated rings. The van der Waals surface area contributed by atoms with Crippen LogP contribution in [0, 0.1) is 0 Å². The van der Waals surface area contributed by atoms with E-state index in [2.05, 4.69) is 40.0 Å². The van der Waals surface area contributed by atoms with Crippen molar-refractivity contribution in [2.45, 2.75) is 18.6 Å². The van der Waals surface area contributed by atoms with Gasteiger partial charge in [-0.1, -0.05) is 0 Å². The molecule has 1 aromatic rings. The standard InChI is InChI=1S/C15H21BrN2O3/c1-18-3-6-20-13(9-17)14(18)10-7-11(16)15-12(8-10)19-4-2-5-21-15/h7-8,13-14H,2-6,9,17H2,1H3. The second kappa shape index (κ2) is 6.52. The molecule has 0 aliphatic carbocycles. The Hall–Kier alpha value is -0.820. The van der Waals surface area contributed by atoms with Crippen LogP contribution in [0.4, 0.5) is 0 Å². The Balaban J connectivity index is 1.97. The number of morpholine rings is 1. The minimum Gasteiger partial charge on any atom is -0.490 e. The predicted molar refractivity (Wildman–Crippen MR) is 83.9 cm³/mol. The SMILES string of the molecule is CN1CCOC(CN)C1c1cc(Br)c2c(c1)OCCCO2. The van der Waals surface area contributed by atoms with Gasteiger partial charge in [0.1, 0.15) is 0 Å². The summed E-state index contributed by atoms with van der Waals surface area (Å²) in [6.45, 7) is 3.48. The Morgan fingerprint density at radius 3 is 2.90 bits per heavy atom. The third kappa shape index (κ3) is 3.04. The number of halogens is 1. The van der Waals surface area contributed by atoms with Crippen LogP contribution in [0.1, 0.15) is 18.0 Å². The lowest BCUT2D eigenvalue weighted by Gasteiger charge is -2.39. The van der Waals surface area contributed by atoms with Gasteiger partial charge in [-0.25, -0.2) is 0 Å². The average Bonchev–Trinajstić information content (AvgIpc) is 2.72. The van der Waals surface area contributed by atoms with Gasteiger partial charge < -0.3 is 19.9 Å². The summed E-state index contributed by atoms with van der Waals surface area (Å²) in [7, 11) is 2.10. The summed E-state index contributed by atoms with van der Waals surface area (Å²) in [5.41, 5.74) is 7.02. The monoisotopic (exact) mass is 356 g/mol. The molecule has 0 amide bonds. The normalized spacial score (nSPS) is 26.4. The first kappa shape index (κ1) is 15.1. The molecule has 2 atom stereocenters. The molecule has 2 N–H and O–H groups in total. The van der Waals surface area contributed by atoms with Crippen molar-refractivity contribution in [3.8, 4) is 11.5 Å². The summed E-state index contributed by atoms with van der Waals surface area (Å²) in [6, 6.07) is 4.29. The van der Waals surface area contributed by atoms with Gasteiger partial charge in [-0.15, -0.1) is 0 Å². The van der Waals surface area contributed by atoms with Gasteiger partial charge in [-0.05, 0) is 40.7 Å². The number of ether oxygens (including phenoxy) is 3. The molecule has 0 bridgehead atoms. The van der Waals surface area contributed by atoms with Gasteiger partial charge >= 0.3 is 0 Å². The van der Waals surface area contributed by atoms with E-state index in [1.165, 1.54) is 0 Å². The highest BCUT2D eigenvalue weighted by molar-refractivity contribution is 9.10. The third-order valence-electron chi connectivity index (χ3n) is 4.00. The van der Waals surface area contributed by atoms with Crippen LogP contribution in [0.25, 0.3) is 0 Å². The van der Waals surface area contributed by atoms with E-state index in [1.54, 1.807) is 0 Å². The minimum absolute atomic E-state index is 0.000367. The maximum atomic E-state index is 5.87. The Kier molecular flexibility index (Phi) is 4.69. The van der Waals surface area contributed by atoms with Gasteiger partial charge in [-0.3, -0.25) is 4.90 Å². The van der Waals surface area contributed by atoms with Crippen molar-refractivity contribution in [1.29, 1.82) is 0 Å². The highest BCUT2D eigenvalue weighted by Crippen LogP contribution is 2.41. The highest BCUT2D eigenvalue weighted by Gasteiger charge is 2.32. The minimum atomic E-state index is 0.000367. The number of hydrogen-bond donors (Lipinski definition) is 1. The smallest absolute Gasteiger partial charge is 0.175 e. The maximum absolute atomic E-state index is 5.87. The number of likely N-dealkylation sites (N-methyl/N-ethyl adjacent to an activating group) is 1. The molecule has 21 heavy (non-hydrogen) atoms. The molecule has 2 heterocycles. The van der Waals surface area contributed by atoms with E-state index >= 15 is 0 Å². The summed E-state index contributed by atoms with van der Waals surface area (Å²) < 4.78 is 18.3. The number of rotatable bonds is 2. The van der Waals surface area contributed by atoms with E-state index in [0.717, 1.165) is 41.1 Å². The molecule has 2 aliphatic rings. The Morgan fingerprint density at radius 1 is 1.29 bits per heavy atom. The lowest BCUT2D eigenvalue weighted by Crippen LogP contribution is -2.46. The van der Waals surface area contributed by atoms with E-state index < -0.39 is 0 Å². The molecule has 1 saturated heterocycles. The fourth-order valence-corrected chi connectivity index (χ4v) is 3.52. The topological polar surface area (TPSA) is 57.0 Å². The second-order valence-corrected chi connectivity index (χ2v) is 6.31. The van der Waals surface area contributed by atoms with Gasteiger partial charge in [-0.2, -0.15) is 0 Å². The summed E-state index contributed by atoms with van der Waals surface area (Å²) in [5, 5.41) is 0. The number of nitrogens with zero attached hydrogens (tertiary/aromatic N) is 1. The summed E-state index contributed by atoms with van der Waals surface area (Å²) in [4.78, 5) is 2.28. The third-order valence-corrected chi connectivity index (χ3v) is 4.59. The lowest BCUT2D eigenvalue weighted by molar-refractivity contribution is -0.0577. The van der Waals surface area contributed by atoms with E-state index in [9.17, 15) is 0 Å². The first-order valence-electron chi connectivity index (χ1n) is 7.31. The highest BCUT2D eigenvalue weighted by atomic mass is 79.9. The van der Waals surface area contributed by atoms with E-state index in [-0.39, 0.29) is 12.1 Å². The van der Waals surface area contributed by atoms with Crippen molar-refractivity contribution >= 4 is 15.9 Å². The molecule has 0 radical (unpaired) electrons. The van der Waals surface area contributed by atoms with Crippen LogP contribution < -0.4 is 15.2 Å². The van der Waals surface area contributed by atoms with Crippen LogP contribution in [-0.2, 0) is 4.74 Å². The number of hydrogen-bond acceptors (Lipinski definition) is 5.